The third-order valence-corrected chi connectivity index (χ3v) is 4.79. The minimum Gasteiger partial charge on any atom is -0.504 e. The Labute approximate surface area is 159 Å². The molecule has 1 heterocycles. The van der Waals surface area contributed by atoms with Crippen molar-refractivity contribution in [2.75, 3.05) is 25.1 Å². The summed E-state index contributed by atoms with van der Waals surface area (Å²) in [6.45, 7) is 4.04. The number of methoxy groups -OCH3 is 1. The number of nitrogens with zero attached hydrogens (tertiary/aromatic N) is 2. The van der Waals surface area contributed by atoms with E-state index in [1.165, 1.54) is 38.1 Å². The molecule has 2 N–H and O–H groups in total. The maximum atomic E-state index is 12.3. The average Bonchev–Trinajstić information content (AvgIpc) is 2.72. The van der Waals surface area contributed by atoms with Gasteiger partial charge in [-0.05, 0) is 56.0 Å². The summed E-state index contributed by atoms with van der Waals surface area (Å²) >= 11 is 0. The number of rotatable bonds is 5. The number of carbonyl (C=O) groups is 1. The standard InChI is InChI=1S/C21H25N3O3/c1-15(16-9-11-17(12-10-16)24-13-4-3-5-14-24)22-23-21(26)18-7-6-8-19(27-2)20(18)25/h6-12,25H,3-5,13-14H2,1-2H3,(H,23,26)/b22-15+. The fourth-order valence-corrected chi connectivity index (χ4v) is 3.20. The average molecular weight is 367 g/mol. The highest BCUT2D eigenvalue weighted by atomic mass is 16.5. The number of benzene rings is 2. The van der Waals surface area contributed by atoms with Gasteiger partial charge in [-0.25, -0.2) is 5.43 Å². The lowest BCUT2D eigenvalue weighted by Gasteiger charge is -2.28. The Hall–Kier alpha value is -3.02. The van der Waals surface area contributed by atoms with Gasteiger partial charge in [0.25, 0.3) is 5.91 Å². The quantitative estimate of drug-likeness (QED) is 0.626. The van der Waals surface area contributed by atoms with Crippen LogP contribution in [0.3, 0.4) is 0 Å². The van der Waals surface area contributed by atoms with Crippen LogP contribution < -0.4 is 15.1 Å². The summed E-state index contributed by atoms with van der Waals surface area (Å²) in [6.07, 6.45) is 3.79. The van der Waals surface area contributed by atoms with Crippen molar-refractivity contribution >= 4 is 17.3 Å². The van der Waals surface area contributed by atoms with E-state index in [0.29, 0.717) is 5.71 Å². The number of nitrogens with one attached hydrogen (secondary N) is 1. The highest BCUT2D eigenvalue weighted by Crippen LogP contribution is 2.29. The molecule has 0 aromatic heterocycles. The van der Waals surface area contributed by atoms with Crippen molar-refractivity contribution in [3.05, 3.63) is 53.6 Å². The lowest BCUT2D eigenvalue weighted by Crippen LogP contribution is -2.29. The number of ether oxygens (including phenoxy) is 1. The van der Waals surface area contributed by atoms with Gasteiger partial charge in [0, 0.05) is 18.8 Å². The molecule has 1 aliphatic rings. The van der Waals surface area contributed by atoms with Crippen LogP contribution in [0.5, 0.6) is 11.5 Å². The Morgan fingerprint density at radius 2 is 1.81 bits per heavy atom. The third kappa shape index (κ3) is 4.39. The number of piperidine rings is 1. The van der Waals surface area contributed by atoms with Crippen LogP contribution in [0.4, 0.5) is 5.69 Å². The smallest absolute Gasteiger partial charge is 0.275 e. The van der Waals surface area contributed by atoms with Crippen LogP contribution in [-0.2, 0) is 0 Å². The Morgan fingerprint density at radius 3 is 2.48 bits per heavy atom. The highest BCUT2D eigenvalue weighted by molar-refractivity contribution is 6.02. The molecule has 6 heteroatoms. The Morgan fingerprint density at radius 1 is 1.11 bits per heavy atom. The van der Waals surface area contributed by atoms with Crippen molar-refractivity contribution in [3.63, 3.8) is 0 Å². The molecular weight excluding hydrogens is 342 g/mol. The van der Waals surface area contributed by atoms with E-state index in [-0.39, 0.29) is 17.1 Å². The van der Waals surface area contributed by atoms with Gasteiger partial charge in [0.2, 0.25) is 0 Å². The minimum absolute atomic E-state index is 0.117. The molecule has 3 rings (SSSR count). The molecule has 142 valence electrons. The van der Waals surface area contributed by atoms with Crippen LogP contribution in [0.25, 0.3) is 0 Å². The van der Waals surface area contributed by atoms with E-state index in [1.54, 1.807) is 12.1 Å². The third-order valence-electron chi connectivity index (χ3n) is 4.79. The molecule has 0 radical (unpaired) electrons. The predicted octanol–water partition coefficient (Wildman–Crippen LogP) is 3.55. The maximum absolute atomic E-state index is 12.3. The van der Waals surface area contributed by atoms with E-state index >= 15 is 0 Å². The first-order chi connectivity index (χ1) is 13.1. The van der Waals surface area contributed by atoms with Gasteiger partial charge in [0.05, 0.1) is 18.4 Å². The van der Waals surface area contributed by atoms with Crippen LogP contribution in [0, 0.1) is 0 Å². The summed E-state index contributed by atoms with van der Waals surface area (Å²) in [7, 11) is 1.44. The first kappa shape index (κ1) is 18.8. The minimum atomic E-state index is -0.490. The summed E-state index contributed by atoms with van der Waals surface area (Å²) in [5.74, 6) is -0.441. The second kappa shape index (κ2) is 8.58. The first-order valence-electron chi connectivity index (χ1n) is 9.16. The second-order valence-corrected chi connectivity index (χ2v) is 6.59. The molecule has 1 saturated heterocycles. The van der Waals surface area contributed by atoms with Crippen LogP contribution in [0.15, 0.2) is 47.6 Å². The first-order valence-corrected chi connectivity index (χ1v) is 9.16. The van der Waals surface area contributed by atoms with Gasteiger partial charge in [0.15, 0.2) is 11.5 Å². The monoisotopic (exact) mass is 367 g/mol. The van der Waals surface area contributed by atoms with Crippen molar-refractivity contribution in [1.29, 1.82) is 0 Å². The molecule has 0 bridgehead atoms. The summed E-state index contributed by atoms with van der Waals surface area (Å²) in [5.41, 5.74) is 5.45. The number of phenolic OH excluding ortho intramolecular Hbond substituents is 1. The van der Waals surface area contributed by atoms with Gasteiger partial charge < -0.3 is 14.7 Å². The molecule has 0 atom stereocenters. The Kier molecular flexibility index (Phi) is 5.96. The van der Waals surface area contributed by atoms with Crippen molar-refractivity contribution in [2.24, 2.45) is 5.10 Å². The van der Waals surface area contributed by atoms with Gasteiger partial charge in [-0.15, -0.1) is 0 Å². The van der Waals surface area contributed by atoms with Crippen LogP contribution >= 0.6 is 0 Å². The van der Waals surface area contributed by atoms with Gasteiger partial charge in [-0.1, -0.05) is 18.2 Å². The van der Waals surface area contributed by atoms with Crippen LogP contribution in [-0.4, -0.2) is 36.9 Å². The van der Waals surface area contributed by atoms with E-state index in [0.717, 1.165) is 18.7 Å². The molecule has 27 heavy (non-hydrogen) atoms. The van der Waals surface area contributed by atoms with Gasteiger partial charge in [-0.2, -0.15) is 5.10 Å². The topological polar surface area (TPSA) is 74.2 Å². The molecule has 0 aliphatic carbocycles. The van der Waals surface area contributed by atoms with E-state index in [4.69, 9.17) is 4.74 Å². The zero-order valence-corrected chi connectivity index (χ0v) is 15.7. The maximum Gasteiger partial charge on any atom is 0.275 e. The normalized spacial score (nSPS) is 14.7. The zero-order valence-electron chi connectivity index (χ0n) is 15.7. The molecule has 1 aliphatic heterocycles. The lowest BCUT2D eigenvalue weighted by molar-refractivity contribution is 0.0951. The van der Waals surface area contributed by atoms with Crippen molar-refractivity contribution in [1.82, 2.24) is 5.43 Å². The number of para-hydroxylation sites is 1. The van der Waals surface area contributed by atoms with Gasteiger partial charge in [0.1, 0.15) is 0 Å². The molecule has 1 fully saturated rings. The fourth-order valence-electron chi connectivity index (χ4n) is 3.20. The molecule has 0 unspecified atom stereocenters. The van der Waals surface area contributed by atoms with Crippen LogP contribution in [0.1, 0.15) is 42.1 Å². The number of aromatic hydroxyl groups is 1. The second-order valence-electron chi connectivity index (χ2n) is 6.59. The highest BCUT2D eigenvalue weighted by Gasteiger charge is 2.14. The van der Waals surface area contributed by atoms with E-state index in [1.807, 2.05) is 19.1 Å². The summed E-state index contributed by atoms with van der Waals surface area (Å²) in [5, 5.41) is 14.2. The van der Waals surface area contributed by atoms with E-state index in [9.17, 15) is 9.90 Å². The molecular formula is C21H25N3O3. The van der Waals surface area contributed by atoms with Crippen molar-refractivity contribution < 1.29 is 14.6 Å². The molecule has 0 spiro atoms. The Bertz CT molecular complexity index is 825. The fraction of sp³-hybridized carbons (Fsp3) is 0.333. The SMILES string of the molecule is COc1cccc(C(=O)N/N=C(\C)c2ccc(N3CCCCC3)cc2)c1O. The van der Waals surface area contributed by atoms with E-state index < -0.39 is 5.91 Å². The summed E-state index contributed by atoms with van der Waals surface area (Å²) < 4.78 is 5.02. The molecule has 0 saturated carbocycles. The van der Waals surface area contributed by atoms with Crippen molar-refractivity contribution in [3.8, 4) is 11.5 Å². The summed E-state index contributed by atoms with van der Waals surface area (Å²) in [4.78, 5) is 14.7. The van der Waals surface area contributed by atoms with Gasteiger partial charge >= 0.3 is 0 Å². The number of phenols is 1. The number of anilines is 1. The number of hydrogen-bond donors (Lipinski definition) is 2. The van der Waals surface area contributed by atoms with Crippen molar-refractivity contribution in [2.45, 2.75) is 26.2 Å². The number of hydrogen-bond acceptors (Lipinski definition) is 5. The molecule has 2 aromatic carbocycles. The Balaban J connectivity index is 1.67. The zero-order chi connectivity index (χ0) is 19.2. The molecule has 6 nitrogen and oxygen atoms in total. The van der Waals surface area contributed by atoms with Crippen LogP contribution in [0.2, 0.25) is 0 Å². The number of carbonyl (C=O) groups excluding carboxylic acids is 1. The number of hydrazone groups is 1. The predicted molar refractivity (Wildman–Crippen MR) is 107 cm³/mol. The molecule has 1 amide bonds. The van der Waals surface area contributed by atoms with Gasteiger partial charge in [-0.3, -0.25) is 4.79 Å². The number of amides is 1. The summed E-state index contributed by atoms with van der Waals surface area (Å²) in [6, 6.07) is 13.0. The van der Waals surface area contributed by atoms with E-state index in [2.05, 4.69) is 27.6 Å². The largest absolute Gasteiger partial charge is 0.504 e. The molecule has 2 aromatic rings. The lowest BCUT2D eigenvalue weighted by atomic mass is 10.1.